The summed E-state index contributed by atoms with van der Waals surface area (Å²) in [6.45, 7) is 8.28. The first-order valence-electron chi connectivity index (χ1n) is 7.46. The number of nitrogens with one attached hydrogen (secondary N) is 1. The lowest BCUT2D eigenvalue weighted by Crippen LogP contribution is -2.53. The van der Waals surface area contributed by atoms with Crippen molar-refractivity contribution < 1.29 is 14.4 Å². The first-order chi connectivity index (χ1) is 9.76. The number of nitrogens with zero attached hydrogens (tertiary/aromatic N) is 2. The van der Waals surface area contributed by atoms with Crippen molar-refractivity contribution in [3.05, 3.63) is 0 Å². The second kappa shape index (κ2) is 9.37. The van der Waals surface area contributed by atoms with Gasteiger partial charge in [0.1, 0.15) is 6.54 Å². The van der Waals surface area contributed by atoms with Crippen molar-refractivity contribution in [2.45, 2.75) is 52.5 Å². The van der Waals surface area contributed by atoms with Crippen LogP contribution in [0.25, 0.3) is 0 Å². The molecule has 0 spiro atoms. The lowest BCUT2D eigenvalue weighted by Gasteiger charge is -2.36. The Labute approximate surface area is 127 Å². The summed E-state index contributed by atoms with van der Waals surface area (Å²) < 4.78 is 0. The van der Waals surface area contributed by atoms with Gasteiger partial charge in [0.25, 0.3) is 0 Å². The molecule has 0 unspecified atom stereocenters. The van der Waals surface area contributed by atoms with Crippen molar-refractivity contribution in [1.82, 2.24) is 15.1 Å². The molecule has 1 N–H and O–H groups in total. The van der Waals surface area contributed by atoms with Gasteiger partial charge in [-0.2, -0.15) is 0 Å². The van der Waals surface area contributed by atoms with Crippen LogP contribution in [0.15, 0.2) is 0 Å². The van der Waals surface area contributed by atoms with Crippen LogP contribution in [0.3, 0.4) is 0 Å². The van der Waals surface area contributed by atoms with Gasteiger partial charge in [-0.1, -0.05) is 19.8 Å². The Morgan fingerprint density at radius 2 is 1.76 bits per heavy atom. The molecule has 0 atom stereocenters. The van der Waals surface area contributed by atoms with Crippen molar-refractivity contribution in [2.24, 2.45) is 0 Å². The lowest BCUT2D eigenvalue weighted by molar-refractivity contribution is -0.143. The normalized spacial score (nSPS) is 10.9. The summed E-state index contributed by atoms with van der Waals surface area (Å²) in [5.41, 5.74) is -0.471. The van der Waals surface area contributed by atoms with Crippen LogP contribution in [-0.4, -0.2) is 60.2 Å². The van der Waals surface area contributed by atoms with E-state index in [1.165, 1.54) is 16.8 Å². The van der Waals surface area contributed by atoms with Crippen LogP contribution in [-0.2, 0) is 14.4 Å². The van der Waals surface area contributed by atoms with E-state index in [-0.39, 0.29) is 24.9 Å². The smallest absolute Gasteiger partial charge is 0.243 e. The molecule has 0 fully saturated rings. The zero-order chi connectivity index (χ0) is 16.5. The van der Waals surface area contributed by atoms with E-state index >= 15 is 0 Å². The van der Waals surface area contributed by atoms with Gasteiger partial charge in [0.2, 0.25) is 18.2 Å². The molecule has 0 saturated heterocycles. The summed E-state index contributed by atoms with van der Waals surface area (Å²) in [4.78, 5) is 38.0. The molecule has 0 aliphatic rings. The molecule has 0 aliphatic carbocycles. The maximum absolute atomic E-state index is 12.4. The molecule has 0 rings (SSSR count). The van der Waals surface area contributed by atoms with Crippen LogP contribution in [0.5, 0.6) is 0 Å². The van der Waals surface area contributed by atoms with E-state index in [1.807, 2.05) is 20.8 Å². The molecule has 3 amide bonds. The maximum Gasteiger partial charge on any atom is 0.243 e. The highest BCUT2D eigenvalue weighted by molar-refractivity contribution is 5.86. The molecule has 0 aliphatic heterocycles. The van der Waals surface area contributed by atoms with E-state index in [9.17, 15) is 14.4 Å². The summed E-state index contributed by atoms with van der Waals surface area (Å²) in [5, 5.41) is 2.52. The monoisotopic (exact) mass is 299 g/mol. The van der Waals surface area contributed by atoms with Crippen molar-refractivity contribution in [3.63, 3.8) is 0 Å². The topological polar surface area (TPSA) is 69.7 Å². The molecule has 21 heavy (non-hydrogen) atoms. The zero-order valence-corrected chi connectivity index (χ0v) is 13.9. The largest absolute Gasteiger partial charge is 0.358 e. The molecular weight excluding hydrogens is 270 g/mol. The average molecular weight is 299 g/mol. The number of likely N-dealkylation sites (N-methyl/N-ethyl adjacent to an activating group) is 1. The zero-order valence-electron chi connectivity index (χ0n) is 13.9. The van der Waals surface area contributed by atoms with E-state index in [2.05, 4.69) is 12.2 Å². The first kappa shape index (κ1) is 19.4. The van der Waals surface area contributed by atoms with E-state index in [0.717, 1.165) is 19.3 Å². The van der Waals surface area contributed by atoms with Crippen molar-refractivity contribution in [1.29, 1.82) is 0 Å². The summed E-state index contributed by atoms with van der Waals surface area (Å²) in [7, 11) is 1.54. The van der Waals surface area contributed by atoms with Gasteiger partial charge in [0.15, 0.2) is 0 Å². The molecule has 0 heterocycles. The molecule has 0 radical (unpaired) electrons. The molecule has 0 bridgehead atoms. The number of carbonyl (C=O) groups excluding carboxylic acids is 3. The standard InChI is InChI=1S/C15H29N3O3/c1-6-7-8-9-17(12-19)11-14(21)18(15(2,3)4)10-13(20)16-5/h12H,6-11H2,1-5H3,(H,16,20). The third-order valence-corrected chi connectivity index (χ3v) is 3.23. The molecular formula is C15H29N3O3. The van der Waals surface area contributed by atoms with Crippen molar-refractivity contribution in [2.75, 3.05) is 26.7 Å². The third kappa shape index (κ3) is 7.68. The number of hydrogen-bond acceptors (Lipinski definition) is 3. The first-order valence-corrected chi connectivity index (χ1v) is 7.46. The Kier molecular flexibility index (Phi) is 8.66. The van der Waals surface area contributed by atoms with Gasteiger partial charge >= 0.3 is 0 Å². The maximum atomic E-state index is 12.4. The van der Waals surface area contributed by atoms with Gasteiger partial charge in [-0.25, -0.2) is 0 Å². The van der Waals surface area contributed by atoms with Gasteiger partial charge in [-0.3, -0.25) is 14.4 Å². The van der Waals surface area contributed by atoms with E-state index < -0.39 is 5.54 Å². The van der Waals surface area contributed by atoms with E-state index in [0.29, 0.717) is 13.0 Å². The number of amides is 3. The van der Waals surface area contributed by atoms with Gasteiger partial charge in [-0.05, 0) is 27.2 Å². The predicted molar refractivity (Wildman–Crippen MR) is 82.7 cm³/mol. The Morgan fingerprint density at radius 3 is 2.19 bits per heavy atom. The van der Waals surface area contributed by atoms with Gasteiger partial charge < -0.3 is 15.1 Å². The van der Waals surface area contributed by atoms with E-state index in [1.54, 1.807) is 0 Å². The minimum atomic E-state index is -0.471. The molecule has 0 saturated carbocycles. The van der Waals surface area contributed by atoms with Gasteiger partial charge in [0.05, 0.1) is 6.54 Å². The highest BCUT2D eigenvalue weighted by Gasteiger charge is 2.28. The predicted octanol–water partition coefficient (Wildman–Crippen LogP) is 1.01. The SMILES string of the molecule is CCCCCN(C=O)CC(=O)N(CC(=O)NC)C(C)(C)C. The van der Waals surface area contributed by atoms with Crippen LogP contribution in [0.2, 0.25) is 0 Å². The van der Waals surface area contributed by atoms with E-state index in [4.69, 9.17) is 0 Å². The fourth-order valence-corrected chi connectivity index (χ4v) is 1.92. The molecule has 0 aromatic carbocycles. The minimum absolute atomic E-state index is 0.000487. The van der Waals surface area contributed by atoms with Gasteiger partial charge in [0, 0.05) is 19.1 Å². The third-order valence-electron chi connectivity index (χ3n) is 3.23. The van der Waals surface area contributed by atoms with Crippen LogP contribution in [0, 0.1) is 0 Å². The molecule has 122 valence electrons. The van der Waals surface area contributed by atoms with Crippen molar-refractivity contribution in [3.8, 4) is 0 Å². The quantitative estimate of drug-likeness (QED) is 0.510. The number of hydrogen-bond donors (Lipinski definition) is 1. The Balaban J connectivity index is 4.71. The summed E-state index contributed by atoms with van der Waals surface area (Å²) in [5.74, 6) is -0.434. The molecule has 0 aromatic heterocycles. The summed E-state index contributed by atoms with van der Waals surface area (Å²) in [6, 6.07) is 0. The van der Waals surface area contributed by atoms with Crippen LogP contribution in [0.4, 0.5) is 0 Å². The van der Waals surface area contributed by atoms with Gasteiger partial charge in [-0.15, -0.1) is 0 Å². The van der Waals surface area contributed by atoms with Crippen LogP contribution < -0.4 is 5.32 Å². The Bertz CT molecular complexity index is 351. The Morgan fingerprint density at radius 1 is 1.14 bits per heavy atom. The molecule has 6 nitrogen and oxygen atoms in total. The number of unbranched alkanes of at least 4 members (excludes halogenated alkanes) is 2. The van der Waals surface area contributed by atoms with Crippen LogP contribution >= 0.6 is 0 Å². The summed E-state index contributed by atoms with van der Waals surface area (Å²) in [6.07, 6.45) is 3.67. The lowest BCUT2D eigenvalue weighted by atomic mass is 10.1. The average Bonchev–Trinajstić information content (AvgIpc) is 2.41. The number of carbonyl (C=O) groups is 3. The second-order valence-electron chi connectivity index (χ2n) is 6.11. The molecule has 6 heteroatoms. The Hall–Kier alpha value is -1.59. The molecule has 0 aromatic rings. The fraction of sp³-hybridized carbons (Fsp3) is 0.800. The van der Waals surface area contributed by atoms with Crippen LogP contribution in [0.1, 0.15) is 47.0 Å². The second-order valence-corrected chi connectivity index (χ2v) is 6.11. The minimum Gasteiger partial charge on any atom is -0.358 e. The highest BCUT2D eigenvalue weighted by atomic mass is 16.2. The van der Waals surface area contributed by atoms with Crippen molar-refractivity contribution >= 4 is 18.2 Å². The fourth-order valence-electron chi connectivity index (χ4n) is 1.92. The highest BCUT2D eigenvalue weighted by Crippen LogP contribution is 2.13. The summed E-state index contributed by atoms with van der Waals surface area (Å²) >= 11 is 0. The number of rotatable bonds is 9.